The molecule has 1 aromatic heterocycles. The van der Waals surface area contributed by atoms with E-state index in [-0.39, 0.29) is 18.4 Å². The number of β-amino-alcohol motifs (C(OH)–C–C–N with tert-alkyl or cyclic N) is 1. The van der Waals surface area contributed by atoms with Gasteiger partial charge >= 0.3 is 0 Å². The highest BCUT2D eigenvalue weighted by Crippen LogP contribution is 2.34. The van der Waals surface area contributed by atoms with Gasteiger partial charge in [0.15, 0.2) is 5.82 Å². The Morgan fingerprint density at radius 3 is 2.58 bits per heavy atom. The average Bonchev–Trinajstić information content (AvgIpc) is 3.24. The van der Waals surface area contributed by atoms with Crippen molar-refractivity contribution in [3.8, 4) is 17.1 Å². The fourth-order valence-electron chi connectivity index (χ4n) is 4.41. The maximum atomic E-state index is 10.2. The first-order valence-corrected chi connectivity index (χ1v) is 10.6. The lowest BCUT2D eigenvalue weighted by atomic mass is 9.93. The molecule has 31 heavy (non-hydrogen) atoms. The molecule has 160 valence electrons. The van der Waals surface area contributed by atoms with Crippen LogP contribution in [0.15, 0.2) is 48.5 Å². The quantitative estimate of drug-likeness (QED) is 0.589. The number of phenolic OH excluding ortho intramolecular Hbond substituents is 1. The molecule has 0 radical (unpaired) electrons. The largest absolute Gasteiger partial charge is 0.508 e. The van der Waals surface area contributed by atoms with Crippen molar-refractivity contribution in [1.82, 2.24) is 15.0 Å². The van der Waals surface area contributed by atoms with E-state index < -0.39 is 6.10 Å². The molecule has 3 heterocycles. The van der Waals surface area contributed by atoms with Crippen LogP contribution in [0.3, 0.4) is 0 Å². The number of phenols is 1. The van der Waals surface area contributed by atoms with E-state index in [0.29, 0.717) is 49.3 Å². The summed E-state index contributed by atoms with van der Waals surface area (Å²) >= 11 is 0. The predicted molar refractivity (Wildman–Crippen MR) is 117 cm³/mol. The van der Waals surface area contributed by atoms with Gasteiger partial charge in [0.05, 0.1) is 18.8 Å². The Kier molecular flexibility index (Phi) is 5.17. The molecule has 1 saturated heterocycles. The molecule has 8 heteroatoms. The van der Waals surface area contributed by atoms with Crippen LogP contribution in [0.1, 0.15) is 23.6 Å². The monoisotopic (exact) mass is 419 g/mol. The van der Waals surface area contributed by atoms with Gasteiger partial charge in [-0.3, -0.25) is 0 Å². The Labute approximate surface area is 180 Å². The van der Waals surface area contributed by atoms with Gasteiger partial charge < -0.3 is 25.1 Å². The van der Waals surface area contributed by atoms with Crippen LogP contribution < -0.4 is 9.80 Å². The lowest BCUT2D eigenvalue weighted by Crippen LogP contribution is -2.39. The molecule has 8 nitrogen and oxygen atoms in total. The molecule has 2 aliphatic rings. The summed E-state index contributed by atoms with van der Waals surface area (Å²) in [6.45, 7) is 1.75. The molecule has 5 rings (SSSR count). The van der Waals surface area contributed by atoms with Crippen molar-refractivity contribution in [2.24, 2.45) is 0 Å². The second kappa shape index (κ2) is 8.13. The minimum Gasteiger partial charge on any atom is -0.508 e. The molecule has 0 amide bonds. The second-order valence-corrected chi connectivity index (χ2v) is 8.04. The smallest absolute Gasteiger partial charge is 0.231 e. The summed E-state index contributed by atoms with van der Waals surface area (Å²) in [6.07, 6.45) is 1.09. The van der Waals surface area contributed by atoms with Crippen LogP contribution in [0.5, 0.6) is 5.75 Å². The standard InChI is InChI=1S/C23H25N5O3/c29-14-20-19-7-2-1-4-15(19)8-11-28(20)23-25-21(16-5-3-6-17(30)12-16)24-22(26-23)27-10-9-18(31)13-27/h1-7,12,18,20,29-31H,8-11,13-14H2. The number of hydrogen-bond donors (Lipinski definition) is 3. The van der Waals surface area contributed by atoms with E-state index in [9.17, 15) is 15.3 Å². The number of rotatable bonds is 4. The van der Waals surface area contributed by atoms with E-state index in [4.69, 9.17) is 9.97 Å². The van der Waals surface area contributed by atoms with Gasteiger partial charge in [-0.1, -0.05) is 36.4 Å². The molecule has 0 saturated carbocycles. The van der Waals surface area contributed by atoms with Crippen LogP contribution in [0.4, 0.5) is 11.9 Å². The molecule has 2 atom stereocenters. The molecule has 0 spiro atoms. The Hall–Kier alpha value is -3.23. The number of hydrogen-bond acceptors (Lipinski definition) is 8. The summed E-state index contributed by atoms with van der Waals surface area (Å²) in [5.41, 5.74) is 2.99. The molecular formula is C23H25N5O3. The lowest BCUT2D eigenvalue weighted by molar-refractivity contribution is 0.198. The average molecular weight is 419 g/mol. The van der Waals surface area contributed by atoms with Crippen molar-refractivity contribution >= 4 is 11.9 Å². The van der Waals surface area contributed by atoms with Gasteiger partial charge in [0.2, 0.25) is 11.9 Å². The fourth-order valence-corrected chi connectivity index (χ4v) is 4.41. The third-order valence-electron chi connectivity index (χ3n) is 6.00. The Bertz CT molecular complexity index is 1090. The van der Waals surface area contributed by atoms with Gasteiger partial charge in [-0.2, -0.15) is 15.0 Å². The minimum atomic E-state index is -0.406. The van der Waals surface area contributed by atoms with Crippen LogP contribution in [-0.2, 0) is 6.42 Å². The molecule has 0 bridgehead atoms. The number of anilines is 2. The number of fused-ring (bicyclic) bond motifs is 1. The number of nitrogens with zero attached hydrogens (tertiary/aromatic N) is 5. The van der Waals surface area contributed by atoms with Crippen molar-refractivity contribution in [3.05, 3.63) is 59.7 Å². The van der Waals surface area contributed by atoms with E-state index in [1.165, 1.54) is 5.56 Å². The highest BCUT2D eigenvalue weighted by atomic mass is 16.3. The summed E-state index contributed by atoms with van der Waals surface area (Å²) in [7, 11) is 0. The first-order valence-electron chi connectivity index (χ1n) is 10.6. The topological polar surface area (TPSA) is 106 Å². The van der Waals surface area contributed by atoms with Gasteiger partial charge in [-0.15, -0.1) is 0 Å². The zero-order valence-corrected chi connectivity index (χ0v) is 17.1. The van der Waals surface area contributed by atoms with Crippen molar-refractivity contribution in [2.75, 3.05) is 36.0 Å². The highest BCUT2D eigenvalue weighted by molar-refractivity contribution is 5.61. The number of aliphatic hydroxyl groups excluding tert-OH is 2. The van der Waals surface area contributed by atoms with Gasteiger partial charge in [0.25, 0.3) is 0 Å². The SMILES string of the molecule is OCC1c2ccccc2CCN1c1nc(-c2cccc(O)c2)nc(N2CCC(O)C2)n1. The molecule has 0 aliphatic carbocycles. The van der Waals surface area contributed by atoms with Crippen LogP contribution in [0, 0.1) is 0 Å². The van der Waals surface area contributed by atoms with Crippen molar-refractivity contribution in [2.45, 2.75) is 25.0 Å². The summed E-state index contributed by atoms with van der Waals surface area (Å²) < 4.78 is 0. The zero-order valence-electron chi connectivity index (χ0n) is 17.1. The molecule has 2 aliphatic heterocycles. The molecule has 3 N–H and O–H groups in total. The third-order valence-corrected chi connectivity index (χ3v) is 6.00. The lowest BCUT2D eigenvalue weighted by Gasteiger charge is -2.36. The van der Waals surface area contributed by atoms with Crippen LogP contribution in [0.25, 0.3) is 11.4 Å². The highest BCUT2D eigenvalue weighted by Gasteiger charge is 2.31. The van der Waals surface area contributed by atoms with Crippen molar-refractivity contribution in [3.63, 3.8) is 0 Å². The third kappa shape index (κ3) is 3.80. The number of aromatic hydroxyl groups is 1. The minimum absolute atomic E-state index is 0.0537. The van der Waals surface area contributed by atoms with E-state index in [2.05, 4.69) is 11.1 Å². The van der Waals surface area contributed by atoms with Crippen molar-refractivity contribution < 1.29 is 15.3 Å². The summed E-state index contributed by atoms with van der Waals surface area (Å²) in [5, 5.41) is 30.2. The van der Waals surface area contributed by atoms with Crippen LogP contribution in [0.2, 0.25) is 0 Å². The maximum absolute atomic E-state index is 10.2. The molecule has 1 fully saturated rings. The van der Waals surface area contributed by atoms with Crippen LogP contribution in [-0.4, -0.2) is 62.6 Å². The molecule has 2 unspecified atom stereocenters. The Morgan fingerprint density at radius 1 is 0.968 bits per heavy atom. The van der Waals surface area contributed by atoms with E-state index in [1.807, 2.05) is 34.1 Å². The van der Waals surface area contributed by atoms with Gasteiger partial charge in [0.1, 0.15) is 5.75 Å². The van der Waals surface area contributed by atoms with Gasteiger partial charge in [-0.25, -0.2) is 0 Å². The molecule has 3 aromatic rings. The van der Waals surface area contributed by atoms with E-state index >= 15 is 0 Å². The van der Waals surface area contributed by atoms with E-state index in [0.717, 1.165) is 12.0 Å². The first-order chi connectivity index (χ1) is 15.1. The molecular weight excluding hydrogens is 394 g/mol. The second-order valence-electron chi connectivity index (χ2n) is 8.04. The zero-order chi connectivity index (χ0) is 21.4. The number of aromatic nitrogens is 3. The van der Waals surface area contributed by atoms with Crippen LogP contribution >= 0.6 is 0 Å². The predicted octanol–water partition coefficient (Wildman–Crippen LogP) is 1.91. The van der Waals surface area contributed by atoms with Crippen molar-refractivity contribution in [1.29, 1.82) is 0 Å². The summed E-state index contributed by atoms with van der Waals surface area (Å²) in [6, 6.07) is 14.7. The maximum Gasteiger partial charge on any atom is 0.231 e. The summed E-state index contributed by atoms with van der Waals surface area (Å²) in [4.78, 5) is 18.1. The Balaban J connectivity index is 1.60. The fraction of sp³-hybridized carbons (Fsp3) is 0.348. The molecule has 2 aromatic carbocycles. The van der Waals surface area contributed by atoms with Gasteiger partial charge in [-0.05, 0) is 36.1 Å². The van der Waals surface area contributed by atoms with Gasteiger partial charge in [0, 0.05) is 25.2 Å². The number of benzene rings is 2. The van der Waals surface area contributed by atoms with E-state index in [1.54, 1.807) is 18.2 Å². The summed E-state index contributed by atoms with van der Waals surface area (Å²) in [5.74, 6) is 1.57. The first kappa shape index (κ1) is 19.7. The number of aliphatic hydroxyl groups is 2. The normalized spacial score (nSPS) is 20.7. The Morgan fingerprint density at radius 2 is 1.81 bits per heavy atom.